The van der Waals surface area contributed by atoms with Crippen LogP contribution >= 0.6 is 7.82 Å². The highest BCUT2D eigenvalue weighted by atomic mass is 31.2. The lowest BCUT2D eigenvalue weighted by atomic mass is 10.1. The first kappa shape index (κ1) is 63.2. The van der Waals surface area contributed by atoms with E-state index >= 15 is 0 Å². The van der Waals surface area contributed by atoms with Gasteiger partial charge in [0.1, 0.15) is 19.3 Å². The minimum Gasteiger partial charge on any atom is -0.456 e. The molecule has 0 fully saturated rings. The fourth-order valence-corrected chi connectivity index (χ4v) is 8.49. The van der Waals surface area contributed by atoms with Gasteiger partial charge in [0.25, 0.3) is 0 Å². The first-order valence-electron chi connectivity index (χ1n) is 27.3. The van der Waals surface area contributed by atoms with E-state index in [0.717, 1.165) is 77.0 Å². The molecule has 0 saturated heterocycles. The zero-order valence-corrected chi connectivity index (χ0v) is 44.4. The van der Waals surface area contributed by atoms with Gasteiger partial charge in [-0.1, -0.05) is 192 Å². The third kappa shape index (κ3) is 47.1. The molecule has 2 N–H and O–H groups in total. The zero-order valence-electron chi connectivity index (χ0n) is 43.5. The van der Waals surface area contributed by atoms with Crippen LogP contribution in [0.5, 0.6) is 0 Å². The Morgan fingerprint density at radius 2 is 0.892 bits per heavy atom. The molecule has 0 aliphatic rings. The number of nitrogens with one attached hydrogen (secondary N) is 1. The van der Waals surface area contributed by atoms with Crippen molar-refractivity contribution in [3.63, 3.8) is 0 Å². The Morgan fingerprint density at radius 3 is 1.34 bits per heavy atom. The second-order valence-corrected chi connectivity index (χ2v) is 21.2. The number of hydrogen-bond acceptors (Lipinski definition) is 6. The molecule has 0 radical (unpaired) electrons. The summed E-state index contributed by atoms with van der Waals surface area (Å²) in [5.41, 5.74) is 0. The van der Waals surface area contributed by atoms with E-state index in [0.29, 0.717) is 17.4 Å². The number of unbranched alkanes of at least 4 members (excludes halogenated alkanes) is 29. The first-order chi connectivity index (χ1) is 31.4. The van der Waals surface area contributed by atoms with Crippen LogP contribution in [0.25, 0.3) is 0 Å². The molecule has 0 aromatic carbocycles. The van der Waals surface area contributed by atoms with E-state index in [1.807, 2.05) is 33.3 Å². The number of carbonyl (C=O) groups is 2. The van der Waals surface area contributed by atoms with E-state index in [4.69, 9.17) is 13.8 Å². The number of esters is 1. The minimum atomic E-state index is -4.44. The van der Waals surface area contributed by atoms with Crippen LogP contribution in [0, 0.1) is 0 Å². The molecule has 65 heavy (non-hydrogen) atoms. The van der Waals surface area contributed by atoms with Crippen LogP contribution in [0.3, 0.4) is 0 Å². The number of nitrogens with zero attached hydrogens (tertiary/aromatic N) is 1. The predicted molar refractivity (Wildman–Crippen MR) is 277 cm³/mol. The van der Waals surface area contributed by atoms with E-state index in [1.54, 1.807) is 0 Å². The molecule has 1 amide bonds. The lowest BCUT2D eigenvalue weighted by Crippen LogP contribution is -2.47. The Bertz CT molecular complexity index is 1220. The number of quaternary nitrogens is 1. The molecule has 0 aliphatic carbocycles. The highest BCUT2D eigenvalue weighted by molar-refractivity contribution is 7.47. The van der Waals surface area contributed by atoms with Gasteiger partial charge in [-0.15, -0.1) is 0 Å². The average molecular weight is 938 g/mol. The minimum absolute atomic E-state index is 0.0379. The number of phosphoric acid groups is 1. The summed E-state index contributed by atoms with van der Waals surface area (Å²) in [5, 5.41) is 3.03. The van der Waals surface area contributed by atoms with E-state index in [1.165, 1.54) is 141 Å². The van der Waals surface area contributed by atoms with Crippen molar-refractivity contribution in [3.05, 3.63) is 36.5 Å². The SMILES string of the molecule is CCCCCC/C=C\CCCCCCCCCC(=O)OC(/C=C/CCCCCCCCCCC)C(COP(=O)(O)OCC[N+](C)(C)C)NC(=O)CCCCC/C=C\CCCCCCCC. The Labute approximate surface area is 402 Å². The van der Waals surface area contributed by atoms with Gasteiger partial charge in [0, 0.05) is 12.8 Å². The molecule has 0 aliphatic heterocycles. The summed E-state index contributed by atoms with van der Waals surface area (Å²) in [4.78, 5) is 37.4. The Morgan fingerprint density at radius 1 is 0.523 bits per heavy atom. The molecule has 0 aromatic heterocycles. The van der Waals surface area contributed by atoms with Crippen molar-refractivity contribution >= 4 is 19.7 Å². The van der Waals surface area contributed by atoms with E-state index < -0.39 is 20.0 Å². The summed E-state index contributed by atoms with van der Waals surface area (Å²) in [5.74, 6) is -0.526. The second-order valence-electron chi connectivity index (χ2n) is 19.7. The molecule has 0 heterocycles. The van der Waals surface area contributed by atoms with Crippen molar-refractivity contribution in [2.75, 3.05) is 40.9 Å². The number of rotatable bonds is 49. The number of likely N-dealkylation sites (N-methyl/N-ethyl adjacent to an activating group) is 1. The van der Waals surface area contributed by atoms with Gasteiger partial charge in [0.2, 0.25) is 5.91 Å². The number of ether oxygens (including phenoxy) is 1. The number of carbonyl (C=O) groups excluding carboxylic acids is 2. The van der Waals surface area contributed by atoms with Crippen LogP contribution in [0.15, 0.2) is 36.5 Å². The third-order valence-corrected chi connectivity index (χ3v) is 13.0. The smallest absolute Gasteiger partial charge is 0.456 e. The van der Waals surface area contributed by atoms with Crippen molar-refractivity contribution < 1.29 is 37.3 Å². The Balaban J connectivity index is 5.39. The summed E-state index contributed by atoms with van der Waals surface area (Å²) in [6.07, 6.45) is 52.8. The van der Waals surface area contributed by atoms with Crippen LogP contribution in [0.2, 0.25) is 0 Å². The molecule has 3 atom stereocenters. The first-order valence-corrected chi connectivity index (χ1v) is 28.8. The molecule has 0 bridgehead atoms. The van der Waals surface area contributed by atoms with Gasteiger partial charge in [-0.3, -0.25) is 18.6 Å². The quantitative estimate of drug-likeness (QED) is 0.0205. The van der Waals surface area contributed by atoms with Crippen molar-refractivity contribution in [1.29, 1.82) is 0 Å². The van der Waals surface area contributed by atoms with Gasteiger partial charge >= 0.3 is 13.8 Å². The van der Waals surface area contributed by atoms with Gasteiger partial charge < -0.3 is 19.4 Å². The summed E-state index contributed by atoms with van der Waals surface area (Å²) in [7, 11) is 1.49. The molecule has 0 spiro atoms. The summed E-state index contributed by atoms with van der Waals surface area (Å²) in [6, 6.07) is -0.853. The van der Waals surface area contributed by atoms with Crippen LogP contribution < -0.4 is 5.32 Å². The van der Waals surface area contributed by atoms with Crippen LogP contribution in [0.4, 0.5) is 0 Å². The molecule has 0 saturated carbocycles. The summed E-state index contributed by atoms with van der Waals surface area (Å²) in [6.45, 7) is 6.97. The fourth-order valence-electron chi connectivity index (χ4n) is 7.75. The second kappa shape index (κ2) is 46.0. The third-order valence-electron chi connectivity index (χ3n) is 12.1. The lowest BCUT2D eigenvalue weighted by molar-refractivity contribution is -0.870. The van der Waals surface area contributed by atoms with Crippen LogP contribution in [0.1, 0.15) is 252 Å². The molecular weight excluding hydrogens is 832 g/mol. The van der Waals surface area contributed by atoms with E-state index in [9.17, 15) is 19.0 Å². The van der Waals surface area contributed by atoms with Crippen molar-refractivity contribution in [1.82, 2.24) is 5.32 Å². The van der Waals surface area contributed by atoms with Gasteiger partial charge in [-0.2, -0.15) is 0 Å². The van der Waals surface area contributed by atoms with E-state index in [2.05, 4.69) is 50.4 Å². The van der Waals surface area contributed by atoms with Crippen molar-refractivity contribution in [2.45, 2.75) is 264 Å². The number of phosphoric ester groups is 1. The standard InChI is InChI=1S/C55H105N2O7P/c1-7-10-13-16-19-22-25-27-28-30-33-36-39-42-45-48-55(59)64-53(46-43-40-37-34-31-24-21-18-15-12-9-3)52(51-63-65(60,61)62-50-49-57(4,5)6)56-54(58)47-44-41-38-35-32-29-26-23-20-17-14-11-8-2/h22,25,29,32,43,46,52-53H,7-21,23-24,26-28,30-31,33-42,44-45,47-51H2,1-6H3,(H-,56,58,60,61)/p+1/b25-22-,32-29-,46-43+. The van der Waals surface area contributed by atoms with Gasteiger partial charge in [0.05, 0.1) is 33.8 Å². The monoisotopic (exact) mass is 938 g/mol. The molecule has 0 rings (SSSR count). The molecule has 382 valence electrons. The number of amides is 1. The zero-order chi connectivity index (χ0) is 48.0. The fraction of sp³-hybridized carbons (Fsp3) is 0.855. The largest absolute Gasteiger partial charge is 0.472 e. The van der Waals surface area contributed by atoms with Crippen LogP contribution in [-0.4, -0.2) is 74.3 Å². The molecule has 10 heteroatoms. The van der Waals surface area contributed by atoms with Gasteiger partial charge in [0.15, 0.2) is 0 Å². The Kier molecular flexibility index (Phi) is 44.7. The van der Waals surface area contributed by atoms with Gasteiger partial charge in [-0.25, -0.2) is 4.57 Å². The number of allylic oxidation sites excluding steroid dienone is 5. The maximum Gasteiger partial charge on any atom is 0.472 e. The predicted octanol–water partition coefficient (Wildman–Crippen LogP) is 16.0. The molecule has 9 nitrogen and oxygen atoms in total. The van der Waals surface area contributed by atoms with Gasteiger partial charge in [-0.05, 0) is 83.1 Å². The summed E-state index contributed by atoms with van der Waals surface area (Å²) >= 11 is 0. The van der Waals surface area contributed by atoms with Crippen molar-refractivity contribution in [2.24, 2.45) is 0 Å². The molecular formula is C55H106N2O7P+. The maximum absolute atomic E-state index is 13.4. The lowest BCUT2D eigenvalue weighted by Gasteiger charge is -2.27. The summed E-state index contributed by atoms with van der Waals surface area (Å²) < 4.78 is 30.5. The highest BCUT2D eigenvalue weighted by Crippen LogP contribution is 2.43. The average Bonchev–Trinajstić information content (AvgIpc) is 3.26. The molecule has 0 aromatic rings. The molecule has 3 unspecified atom stereocenters. The van der Waals surface area contributed by atoms with E-state index in [-0.39, 0.29) is 31.5 Å². The van der Waals surface area contributed by atoms with Crippen molar-refractivity contribution in [3.8, 4) is 0 Å². The number of hydrogen-bond donors (Lipinski definition) is 2. The maximum atomic E-state index is 13.4. The normalized spacial score (nSPS) is 14.1. The topological polar surface area (TPSA) is 111 Å². The highest BCUT2D eigenvalue weighted by Gasteiger charge is 2.30. The Hall–Kier alpha value is -1.77. The van der Waals surface area contributed by atoms with Crippen LogP contribution in [-0.2, 0) is 27.9 Å².